The Bertz CT molecular complexity index is 531. The van der Waals surface area contributed by atoms with Crippen molar-refractivity contribution in [3.05, 3.63) is 23.8 Å². The molecule has 0 radical (unpaired) electrons. The summed E-state index contributed by atoms with van der Waals surface area (Å²) in [4.78, 5) is 22.8. The van der Waals surface area contributed by atoms with E-state index in [1.165, 1.54) is 0 Å². The molecular formula is C16H23NO4S. The molecule has 0 saturated heterocycles. The Balaban J connectivity index is 2.76. The summed E-state index contributed by atoms with van der Waals surface area (Å²) >= 11 is 1.63. The van der Waals surface area contributed by atoms with Crippen molar-refractivity contribution in [3.8, 4) is 5.75 Å². The van der Waals surface area contributed by atoms with Crippen molar-refractivity contribution in [1.29, 1.82) is 0 Å². The summed E-state index contributed by atoms with van der Waals surface area (Å²) in [5, 5.41) is 11.4. The fourth-order valence-corrected chi connectivity index (χ4v) is 2.92. The molecule has 1 atom stereocenters. The highest BCUT2D eigenvalue weighted by atomic mass is 32.2. The Hall–Kier alpha value is -1.69. The first-order valence-electron chi connectivity index (χ1n) is 7.22. The molecule has 0 aliphatic heterocycles. The highest BCUT2D eigenvalue weighted by molar-refractivity contribution is 8.00. The van der Waals surface area contributed by atoms with Crippen molar-refractivity contribution in [2.45, 2.75) is 32.9 Å². The maximum absolute atomic E-state index is 12.4. The van der Waals surface area contributed by atoms with E-state index in [2.05, 4.69) is 5.32 Å². The van der Waals surface area contributed by atoms with Gasteiger partial charge in [0, 0.05) is 5.69 Å². The zero-order valence-corrected chi connectivity index (χ0v) is 14.2. The van der Waals surface area contributed by atoms with Crippen LogP contribution in [-0.4, -0.2) is 34.6 Å². The number of carbonyl (C=O) groups excluding carboxylic acids is 1. The minimum absolute atomic E-state index is 0.0100. The minimum atomic E-state index is -1.02. The van der Waals surface area contributed by atoms with Crippen LogP contribution in [0.2, 0.25) is 0 Å². The lowest BCUT2D eigenvalue weighted by Gasteiger charge is -2.20. The van der Waals surface area contributed by atoms with Gasteiger partial charge in [-0.15, -0.1) is 11.8 Å². The average Bonchev–Trinajstić information content (AvgIpc) is 2.44. The molecule has 0 fully saturated rings. The number of aliphatic carboxylic acids is 1. The lowest BCUT2D eigenvalue weighted by Crippen LogP contribution is -2.30. The van der Waals surface area contributed by atoms with E-state index in [4.69, 9.17) is 9.84 Å². The summed E-state index contributed by atoms with van der Waals surface area (Å²) in [5.41, 5.74) is 1.55. The molecule has 6 heteroatoms. The molecule has 1 amide bonds. The van der Waals surface area contributed by atoms with Gasteiger partial charge in [0.1, 0.15) is 5.75 Å². The predicted octanol–water partition coefficient (Wildman–Crippen LogP) is 3.17. The molecule has 0 aliphatic rings. The summed E-state index contributed by atoms with van der Waals surface area (Å²) in [7, 11) is 0. The van der Waals surface area contributed by atoms with Gasteiger partial charge in [0.25, 0.3) is 0 Å². The summed E-state index contributed by atoms with van der Waals surface area (Å²) < 4.78 is 5.12. The molecule has 1 aromatic carbocycles. The number of nitrogens with one attached hydrogen (secondary N) is 1. The molecule has 0 aromatic heterocycles. The molecule has 1 unspecified atom stereocenters. The van der Waals surface area contributed by atoms with Crippen molar-refractivity contribution in [2.24, 2.45) is 5.92 Å². The Labute approximate surface area is 135 Å². The lowest BCUT2D eigenvalue weighted by molar-refractivity contribution is -0.139. The van der Waals surface area contributed by atoms with E-state index in [0.29, 0.717) is 5.75 Å². The standard InChI is InChI=1S/C16H23NO4S/c1-5-22-15(10(2)3)16(20)17-13-7-6-12(8-11(13)4)21-9-14(18)19/h6-8,10,15H,5,9H2,1-4H3,(H,17,20)(H,18,19). The molecule has 0 aliphatic carbocycles. The zero-order chi connectivity index (χ0) is 16.7. The normalized spacial score (nSPS) is 12.0. The molecule has 2 N–H and O–H groups in total. The quantitative estimate of drug-likeness (QED) is 0.768. The fraction of sp³-hybridized carbons (Fsp3) is 0.500. The smallest absolute Gasteiger partial charge is 0.341 e. The van der Waals surface area contributed by atoms with Gasteiger partial charge in [-0.25, -0.2) is 4.79 Å². The zero-order valence-electron chi connectivity index (χ0n) is 13.4. The molecular weight excluding hydrogens is 302 g/mol. The number of thioether (sulfide) groups is 1. The number of ether oxygens (including phenoxy) is 1. The van der Waals surface area contributed by atoms with Gasteiger partial charge in [0.05, 0.1) is 5.25 Å². The van der Waals surface area contributed by atoms with Gasteiger partial charge in [-0.3, -0.25) is 4.79 Å². The number of carboxylic acids is 1. The van der Waals surface area contributed by atoms with Gasteiger partial charge >= 0.3 is 5.97 Å². The summed E-state index contributed by atoms with van der Waals surface area (Å²) in [6.07, 6.45) is 0. The maximum atomic E-state index is 12.4. The molecule has 5 nitrogen and oxygen atoms in total. The lowest BCUT2D eigenvalue weighted by atomic mass is 10.1. The van der Waals surface area contributed by atoms with E-state index in [-0.39, 0.29) is 23.7 Å². The van der Waals surface area contributed by atoms with E-state index in [0.717, 1.165) is 17.0 Å². The van der Waals surface area contributed by atoms with Gasteiger partial charge in [0.15, 0.2) is 6.61 Å². The van der Waals surface area contributed by atoms with Gasteiger partial charge < -0.3 is 15.2 Å². The first kappa shape index (κ1) is 18.4. The van der Waals surface area contributed by atoms with Crippen molar-refractivity contribution in [2.75, 3.05) is 17.7 Å². The molecule has 122 valence electrons. The monoisotopic (exact) mass is 325 g/mol. The van der Waals surface area contributed by atoms with Crippen molar-refractivity contribution < 1.29 is 19.4 Å². The van der Waals surface area contributed by atoms with E-state index in [1.54, 1.807) is 30.0 Å². The number of anilines is 1. The summed E-state index contributed by atoms with van der Waals surface area (Å²) in [5.74, 6) is 0.581. The number of aryl methyl sites for hydroxylation is 1. The van der Waals surface area contributed by atoms with E-state index in [9.17, 15) is 9.59 Å². The van der Waals surface area contributed by atoms with Crippen LogP contribution in [0.4, 0.5) is 5.69 Å². The van der Waals surface area contributed by atoms with Crippen LogP contribution >= 0.6 is 11.8 Å². The molecule has 0 spiro atoms. The Kier molecular flexibility index (Phi) is 7.24. The van der Waals surface area contributed by atoms with Crippen LogP contribution < -0.4 is 10.1 Å². The average molecular weight is 325 g/mol. The molecule has 0 heterocycles. The van der Waals surface area contributed by atoms with Crippen molar-refractivity contribution in [1.82, 2.24) is 0 Å². The van der Waals surface area contributed by atoms with Crippen LogP contribution in [-0.2, 0) is 9.59 Å². The summed E-state index contributed by atoms with van der Waals surface area (Å²) in [6, 6.07) is 5.11. The molecule has 1 rings (SSSR count). The first-order valence-corrected chi connectivity index (χ1v) is 8.27. The largest absolute Gasteiger partial charge is 0.482 e. The number of benzene rings is 1. The number of rotatable bonds is 8. The van der Waals surface area contributed by atoms with Gasteiger partial charge in [-0.05, 0) is 42.4 Å². The van der Waals surface area contributed by atoms with E-state index in [1.807, 2.05) is 27.7 Å². The fourth-order valence-electron chi connectivity index (χ4n) is 1.97. The van der Waals surface area contributed by atoms with Crippen molar-refractivity contribution >= 4 is 29.3 Å². The van der Waals surface area contributed by atoms with Crippen LogP contribution in [0.5, 0.6) is 5.75 Å². The van der Waals surface area contributed by atoms with Crippen LogP contribution in [0.3, 0.4) is 0 Å². The third kappa shape index (κ3) is 5.60. The number of hydrogen-bond donors (Lipinski definition) is 2. The van der Waals surface area contributed by atoms with Crippen LogP contribution in [0.15, 0.2) is 18.2 Å². The number of hydrogen-bond acceptors (Lipinski definition) is 4. The minimum Gasteiger partial charge on any atom is -0.482 e. The van der Waals surface area contributed by atoms with Gasteiger partial charge in [0.2, 0.25) is 5.91 Å². The highest BCUT2D eigenvalue weighted by Gasteiger charge is 2.22. The van der Waals surface area contributed by atoms with Gasteiger partial charge in [-0.2, -0.15) is 0 Å². The molecule has 22 heavy (non-hydrogen) atoms. The SMILES string of the molecule is CCSC(C(=O)Nc1ccc(OCC(=O)O)cc1C)C(C)C. The predicted molar refractivity (Wildman–Crippen MR) is 89.7 cm³/mol. The Morgan fingerprint density at radius 2 is 2.05 bits per heavy atom. The third-order valence-electron chi connectivity index (χ3n) is 3.03. The number of carbonyl (C=O) groups is 2. The number of carboxylic acid groups (broad SMARTS) is 1. The van der Waals surface area contributed by atoms with E-state index < -0.39 is 5.97 Å². The van der Waals surface area contributed by atoms with Crippen LogP contribution in [0.25, 0.3) is 0 Å². The van der Waals surface area contributed by atoms with Crippen LogP contribution in [0, 0.1) is 12.8 Å². The van der Waals surface area contributed by atoms with E-state index >= 15 is 0 Å². The molecule has 1 aromatic rings. The summed E-state index contributed by atoms with van der Waals surface area (Å²) in [6.45, 7) is 7.56. The second-order valence-corrected chi connectivity index (χ2v) is 6.69. The topological polar surface area (TPSA) is 75.6 Å². The first-order chi connectivity index (χ1) is 10.3. The van der Waals surface area contributed by atoms with Crippen LogP contribution in [0.1, 0.15) is 26.3 Å². The second-order valence-electron chi connectivity index (χ2n) is 5.27. The number of amides is 1. The Morgan fingerprint density at radius 3 is 2.55 bits per heavy atom. The maximum Gasteiger partial charge on any atom is 0.341 e. The third-order valence-corrected chi connectivity index (χ3v) is 4.48. The van der Waals surface area contributed by atoms with Crippen molar-refractivity contribution in [3.63, 3.8) is 0 Å². The molecule has 0 saturated carbocycles. The second kappa shape index (κ2) is 8.68. The Morgan fingerprint density at radius 1 is 1.36 bits per heavy atom. The highest BCUT2D eigenvalue weighted by Crippen LogP contribution is 2.25. The van der Waals surface area contributed by atoms with Gasteiger partial charge in [-0.1, -0.05) is 20.8 Å². The molecule has 0 bridgehead atoms.